The number of benzene rings is 1. The Morgan fingerprint density at radius 2 is 1.77 bits per heavy atom. The molecule has 0 aliphatic rings. The van der Waals surface area contributed by atoms with Gasteiger partial charge in [-0.05, 0) is 5.54 Å². The van der Waals surface area contributed by atoms with Crippen molar-refractivity contribution in [1.29, 1.82) is 0 Å². The molecule has 5 nitrogen and oxygen atoms in total. The predicted molar refractivity (Wildman–Crippen MR) is 89.3 cm³/mol. The van der Waals surface area contributed by atoms with Gasteiger partial charge in [-0.1, -0.05) is 55.5 Å². The fraction of sp³-hybridized carbons (Fsp3) is 0.533. The van der Waals surface area contributed by atoms with Crippen molar-refractivity contribution in [1.82, 2.24) is 0 Å². The van der Waals surface area contributed by atoms with Gasteiger partial charge in [0.25, 0.3) is 10.1 Å². The number of hydrogen-bond acceptors (Lipinski definition) is 5. The number of carbonyl (C=O) groups excluding carboxylic acids is 1. The minimum Gasteiger partial charge on any atom is -0.469 e. The maximum absolute atomic E-state index is 12.1. The zero-order valence-corrected chi connectivity index (χ0v) is 15.5. The number of rotatable bonds is 7. The van der Waals surface area contributed by atoms with E-state index in [1.165, 1.54) is 12.3 Å². The highest BCUT2D eigenvalue weighted by Gasteiger charge is 2.40. The summed E-state index contributed by atoms with van der Waals surface area (Å²) < 4.78 is 32.2. The highest BCUT2D eigenvalue weighted by Crippen LogP contribution is 2.31. The van der Waals surface area contributed by atoms with E-state index in [4.69, 9.17) is 8.92 Å². The average Bonchev–Trinajstić information content (AvgIpc) is 2.46. The molecule has 0 bridgehead atoms. The lowest BCUT2D eigenvalue weighted by atomic mass is 10.1. The van der Waals surface area contributed by atoms with Crippen molar-refractivity contribution in [3.63, 3.8) is 0 Å². The number of methoxy groups -OCH3 is 1. The van der Waals surface area contributed by atoms with Gasteiger partial charge in [-0.2, -0.15) is 8.42 Å². The highest BCUT2D eigenvalue weighted by molar-refractivity contribution is 7.85. The standard InChI is InChI=1S/C15H24O5SSi/c1-12(22(4,5)13-9-7-6-8-10-13)14(15(16)19-2)11-20-21(3,17)18/h6-10,12,14H,11H2,1-5H3/t12-,14+/m0/s1. The van der Waals surface area contributed by atoms with E-state index in [2.05, 4.69) is 25.2 Å². The molecule has 0 amide bonds. The molecule has 0 N–H and O–H groups in total. The van der Waals surface area contributed by atoms with Crippen molar-refractivity contribution in [3.8, 4) is 0 Å². The Kier molecular flexibility index (Phi) is 6.34. The molecule has 0 radical (unpaired) electrons. The van der Waals surface area contributed by atoms with Crippen LogP contribution < -0.4 is 5.19 Å². The van der Waals surface area contributed by atoms with Crippen LogP contribution in [0.5, 0.6) is 0 Å². The van der Waals surface area contributed by atoms with Crippen LogP contribution in [0.4, 0.5) is 0 Å². The fourth-order valence-electron chi connectivity index (χ4n) is 2.40. The van der Waals surface area contributed by atoms with E-state index in [1.807, 2.05) is 25.1 Å². The largest absolute Gasteiger partial charge is 0.469 e. The first-order valence-corrected chi connectivity index (χ1v) is 12.0. The van der Waals surface area contributed by atoms with Gasteiger partial charge in [0, 0.05) is 0 Å². The normalized spacial score (nSPS) is 15.1. The van der Waals surface area contributed by atoms with Gasteiger partial charge in [-0.15, -0.1) is 0 Å². The van der Waals surface area contributed by atoms with Crippen LogP contribution in [0.15, 0.2) is 30.3 Å². The van der Waals surface area contributed by atoms with Crippen molar-refractivity contribution < 1.29 is 22.1 Å². The summed E-state index contributed by atoms with van der Waals surface area (Å²) in [4.78, 5) is 12.1. The molecule has 0 saturated carbocycles. The van der Waals surface area contributed by atoms with E-state index in [-0.39, 0.29) is 12.1 Å². The predicted octanol–water partition coefficient (Wildman–Crippen LogP) is 1.76. The Bertz CT molecular complexity index is 598. The van der Waals surface area contributed by atoms with Crippen LogP contribution in [0.1, 0.15) is 6.92 Å². The average molecular weight is 345 g/mol. The minimum atomic E-state index is -3.60. The highest BCUT2D eigenvalue weighted by atomic mass is 32.2. The van der Waals surface area contributed by atoms with Gasteiger partial charge in [0.1, 0.15) is 0 Å². The quantitative estimate of drug-likeness (QED) is 0.428. The van der Waals surface area contributed by atoms with Crippen molar-refractivity contribution >= 4 is 29.3 Å². The fourth-order valence-corrected chi connectivity index (χ4v) is 5.61. The lowest BCUT2D eigenvalue weighted by Crippen LogP contribution is -2.49. The third-order valence-electron chi connectivity index (χ3n) is 4.23. The Balaban J connectivity index is 3.05. The van der Waals surface area contributed by atoms with Gasteiger partial charge in [-0.25, -0.2) is 0 Å². The lowest BCUT2D eigenvalue weighted by Gasteiger charge is -2.34. The smallest absolute Gasteiger partial charge is 0.311 e. The van der Waals surface area contributed by atoms with Crippen LogP contribution in [0.2, 0.25) is 18.6 Å². The SMILES string of the molecule is COC(=O)[C@H](COS(C)(=O)=O)[C@H](C)[Si](C)(C)c1ccccc1. The molecule has 22 heavy (non-hydrogen) atoms. The Morgan fingerprint density at radius 3 is 2.23 bits per heavy atom. The monoisotopic (exact) mass is 344 g/mol. The van der Waals surface area contributed by atoms with Crippen LogP contribution in [-0.4, -0.2) is 42.4 Å². The van der Waals surface area contributed by atoms with Gasteiger partial charge in [0.2, 0.25) is 0 Å². The lowest BCUT2D eigenvalue weighted by molar-refractivity contribution is -0.146. The second-order valence-corrected chi connectivity index (χ2v) is 12.6. The number of carbonyl (C=O) groups is 1. The Labute approximate surface area is 133 Å². The summed E-state index contributed by atoms with van der Waals surface area (Å²) in [6.07, 6.45) is 0.978. The van der Waals surface area contributed by atoms with Gasteiger partial charge in [0.15, 0.2) is 0 Å². The number of ether oxygens (including phenoxy) is 1. The molecule has 0 fully saturated rings. The van der Waals surface area contributed by atoms with E-state index in [9.17, 15) is 13.2 Å². The van der Waals surface area contributed by atoms with Gasteiger partial charge >= 0.3 is 5.97 Å². The topological polar surface area (TPSA) is 69.7 Å². The molecule has 0 aromatic heterocycles. The summed E-state index contributed by atoms with van der Waals surface area (Å²) >= 11 is 0. The molecule has 1 rings (SSSR count). The number of esters is 1. The van der Waals surface area contributed by atoms with Crippen molar-refractivity contribution in [2.75, 3.05) is 20.0 Å². The molecule has 2 atom stereocenters. The van der Waals surface area contributed by atoms with Gasteiger partial charge in [0.05, 0.1) is 34.0 Å². The van der Waals surface area contributed by atoms with Crippen LogP contribution in [0.3, 0.4) is 0 Å². The Hall–Kier alpha value is -1.18. The van der Waals surface area contributed by atoms with E-state index >= 15 is 0 Å². The molecular weight excluding hydrogens is 320 g/mol. The first kappa shape index (κ1) is 18.9. The van der Waals surface area contributed by atoms with E-state index in [1.54, 1.807) is 0 Å². The summed E-state index contributed by atoms with van der Waals surface area (Å²) in [5.41, 5.74) is -0.0379. The molecule has 0 aliphatic heterocycles. The summed E-state index contributed by atoms with van der Waals surface area (Å²) in [5.74, 6) is -1.05. The zero-order chi connectivity index (χ0) is 17.0. The summed E-state index contributed by atoms with van der Waals surface area (Å²) in [6.45, 7) is 6.09. The third kappa shape index (κ3) is 4.93. The molecule has 0 aliphatic carbocycles. The summed E-state index contributed by atoms with van der Waals surface area (Å²) in [7, 11) is -4.29. The molecule has 0 unspecified atom stereocenters. The third-order valence-corrected chi connectivity index (χ3v) is 9.29. The molecule has 1 aromatic carbocycles. The molecule has 124 valence electrons. The minimum absolute atomic E-state index is 0.0379. The first-order valence-electron chi connectivity index (χ1n) is 7.07. The van der Waals surface area contributed by atoms with Crippen molar-refractivity contribution in [2.45, 2.75) is 25.6 Å². The van der Waals surface area contributed by atoms with Crippen LogP contribution in [0.25, 0.3) is 0 Å². The maximum Gasteiger partial charge on any atom is 0.311 e. The molecular formula is C15H24O5SSi. The number of hydrogen-bond donors (Lipinski definition) is 0. The van der Waals surface area contributed by atoms with E-state index in [0.29, 0.717) is 0 Å². The molecule has 0 saturated heterocycles. The molecule has 0 heterocycles. The van der Waals surface area contributed by atoms with Crippen LogP contribution in [-0.2, 0) is 23.8 Å². The summed E-state index contributed by atoms with van der Waals surface area (Å²) in [5, 5.41) is 1.20. The van der Waals surface area contributed by atoms with E-state index < -0.39 is 30.1 Å². The van der Waals surface area contributed by atoms with Gasteiger partial charge in [-0.3, -0.25) is 8.98 Å². The van der Waals surface area contributed by atoms with Crippen LogP contribution >= 0.6 is 0 Å². The van der Waals surface area contributed by atoms with Crippen LogP contribution in [0, 0.1) is 5.92 Å². The second kappa shape index (κ2) is 7.39. The molecule has 1 aromatic rings. The second-order valence-electron chi connectivity index (χ2n) is 5.99. The van der Waals surface area contributed by atoms with Crippen molar-refractivity contribution in [2.24, 2.45) is 5.92 Å². The molecule has 0 spiro atoms. The summed E-state index contributed by atoms with van der Waals surface area (Å²) in [6, 6.07) is 9.99. The first-order chi connectivity index (χ1) is 10.1. The van der Waals surface area contributed by atoms with Crippen molar-refractivity contribution in [3.05, 3.63) is 30.3 Å². The zero-order valence-electron chi connectivity index (χ0n) is 13.7. The Morgan fingerprint density at radius 1 is 1.23 bits per heavy atom. The van der Waals surface area contributed by atoms with E-state index in [0.717, 1.165) is 6.26 Å². The van der Waals surface area contributed by atoms with Gasteiger partial charge < -0.3 is 4.74 Å². The molecule has 7 heteroatoms. The maximum atomic E-state index is 12.1.